The van der Waals surface area contributed by atoms with Crippen LogP contribution < -0.4 is 23.7 Å². The van der Waals surface area contributed by atoms with Gasteiger partial charge in [0.25, 0.3) is 0 Å². The molecule has 0 N–H and O–H groups in total. The van der Waals surface area contributed by atoms with Gasteiger partial charge in [-0.25, -0.2) is 0 Å². The first-order chi connectivity index (χ1) is 12.7. The summed E-state index contributed by atoms with van der Waals surface area (Å²) >= 11 is 0. The van der Waals surface area contributed by atoms with Crippen molar-refractivity contribution < 1.29 is 36.9 Å². The summed E-state index contributed by atoms with van der Waals surface area (Å²) in [5.74, 6) is 0.667. The lowest BCUT2D eigenvalue weighted by Gasteiger charge is -2.19. The van der Waals surface area contributed by atoms with Crippen molar-refractivity contribution in [1.82, 2.24) is 0 Å². The van der Waals surface area contributed by atoms with Gasteiger partial charge in [-0.3, -0.25) is 0 Å². The van der Waals surface area contributed by atoms with Gasteiger partial charge in [-0.1, -0.05) is 13.0 Å². The molecule has 0 aromatic heterocycles. The number of hydrogen-bond donors (Lipinski definition) is 0. The summed E-state index contributed by atoms with van der Waals surface area (Å²) in [7, 11) is 5.76. The molecule has 2 aromatic rings. The van der Waals surface area contributed by atoms with Crippen molar-refractivity contribution in [3.63, 3.8) is 0 Å². The Balaban J connectivity index is 2.48. The summed E-state index contributed by atoms with van der Waals surface area (Å²) in [6.45, 7) is 1.85. The fourth-order valence-corrected chi connectivity index (χ4v) is 2.71. The van der Waals surface area contributed by atoms with E-state index >= 15 is 0 Å². The number of benzene rings is 2. The number of alkyl halides is 3. The standard InChI is InChI=1S/C19H21F3O5/c1-11(13-9-16(24-3)18(26-5)17(10-13)25-4)12-6-7-14(23-2)15(8-12)27-19(20,21)22/h6-11H,1-5H3. The predicted molar refractivity (Wildman–Crippen MR) is 93.3 cm³/mol. The lowest BCUT2D eigenvalue weighted by Crippen LogP contribution is -2.18. The quantitative estimate of drug-likeness (QED) is 0.686. The molecule has 0 radical (unpaired) electrons. The molecule has 1 atom stereocenters. The Morgan fingerprint density at radius 2 is 1.22 bits per heavy atom. The highest BCUT2D eigenvalue weighted by atomic mass is 19.4. The molecule has 1 unspecified atom stereocenters. The van der Waals surface area contributed by atoms with E-state index in [1.807, 2.05) is 6.92 Å². The Labute approximate surface area is 155 Å². The van der Waals surface area contributed by atoms with Gasteiger partial charge in [-0.2, -0.15) is 0 Å². The van der Waals surface area contributed by atoms with Crippen LogP contribution in [0.3, 0.4) is 0 Å². The number of ether oxygens (including phenoxy) is 5. The van der Waals surface area contributed by atoms with E-state index in [4.69, 9.17) is 18.9 Å². The van der Waals surface area contributed by atoms with Crippen LogP contribution in [0.15, 0.2) is 30.3 Å². The van der Waals surface area contributed by atoms with Crippen LogP contribution in [0.5, 0.6) is 28.7 Å². The van der Waals surface area contributed by atoms with E-state index in [1.54, 1.807) is 18.2 Å². The third-order valence-electron chi connectivity index (χ3n) is 4.10. The molecule has 0 saturated heterocycles. The van der Waals surface area contributed by atoms with Crippen molar-refractivity contribution in [2.45, 2.75) is 19.2 Å². The molecule has 0 amide bonds. The first-order valence-electron chi connectivity index (χ1n) is 7.97. The second-order valence-corrected chi connectivity index (χ2v) is 5.64. The van der Waals surface area contributed by atoms with Crippen LogP contribution in [-0.4, -0.2) is 34.8 Å². The summed E-state index contributed by atoms with van der Waals surface area (Å²) in [4.78, 5) is 0. The summed E-state index contributed by atoms with van der Waals surface area (Å²) in [5, 5.41) is 0. The van der Waals surface area contributed by atoms with Gasteiger partial charge < -0.3 is 23.7 Å². The van der Waals surface area contributed by atoms with Crippen LogP contribution in [-0.2, 0) is 0 Å². The number of hydrogen-bond acceptors (Lipinski definition) is 5. The fourth-order valence-electron chi connectivity index (χ4n) is 2.71. The maximum absolute atomic E-state index is 12.7. The molecule has 0 fully saturated rings. The molecule has 0 aliphatic heterocycles. The van der Waals surface area contributed by atoms with Crippen LogP contribution in [0, 0.1) is 0 Å². The van der Waals surface area contributed by atoms with E-state index in [0.29, 0.717) is 22.8 Å². The smallest absolute Gasteiger partial charge is 0.493 e. The zero-order valence-electron chi connectivity index (χ0n) is 15.6. The van der Waals surface area contributed by atoms with Gasteiger partial charge in [0.15, 0.2) is 23.0 Å². The number of halogens is 3. The van der Waals surface area contributed by atoms with E-state index in [9.17, 15) is 13.2 Å². The average Bonchev–Trinajstić information content (AvgIpc) is 2.64. The predicted octanol–water partition coefficient (Wildman–Crippen LogP) is 4.77. The molecular weight excluding hydrogens is 365 g/mol. The van der Waals surface area contributed by atoms with Crippen molar-refractivity contribution in [1.29, 1.82) is 0 Å². The summed E-state index contributed by atoms with van der Waals surface area (Å²) in [5.41, 5.74) is 1.37. The van der Waals surface area contributed by atoms with E-state index in [-0.39, 0.29) is 11.7 Å². The lowest BCUT2D eigenvalue weighted by atomic mass is 9.92. The van der Waals surface area contributed by atoms with E-state index in [2.05, 4.69) is 4.74 Å². The molecule has 5 nitrogen and oxygen atoms in total. The third-order valence-corrected chi connectivity index (χ3v) is 4.10. The molecule has 0 bridgehead atoms. The first-order valence-corrected chi connectivity index (χ1v) is 7.97. The molecular formula is C19H21F3O5. The highest BCUT2D eigenvalue weighted by Crippen LogP contribution is 2.42. The van der Waals surface area contributed by atoms with Gasteiger partial charge in [0, 0.05) is 5.92 Å². The van der Waals surface area contributed by atoms with Crippen molar-refractivity contribution in [3.05, 3.63) is 41.5 Å². The van der Waals surface area contributed by atoms with Crippen LogP contribution in [0.25, 0.3) is 0 Å². The minimum Gasteiger partial charge on any atom is -0.493 e. The van der Waals surface area contributed by atoms with Gasteiger partial charge >= 0.3 is 6.36 Å². The van der Waals surface area contributed by atoms with Gasteiger partial charge in [-0.15, -0.1) is 13.2 Å². The molecule has 0 saturated carbocycles. The molecule has 2 rings (SSSR count). The fraction of sp³-hybridized carbons (Fsp3) is 0.368. The number of rotatable bonds is 7. The van der Waals surface area contributed by atoms with E-state index in [0.717, 1.165) is 5.56 Å². The largest absolute Gasteiger partial charge is 0.573 e. The Kier molecular flexibility index (Phi) is 6.30. The maximum atomic E-state index is 12.7. The topological polar surface area (TPSA) is 46.2 Å². The lowest BCUT2D eigenvalue weighted by molar-refractivity contribution is -0.275. The Hall–Kier alpha value is -2.77. The van der Waals surface area contributed by atoms with E-state index in [1.165, 1.54) is 40.6 Å². The summed E-state index contributed by atoms with van der Waals surface area (Å²) < 4.78 is 63.0. The highest BCUT2D eigenvalue weighted by molar-refractivity contribution is 5.56. The van der Waals surface area contributed by atoms with Gasteiger partial charge in [0.1, 0.15) is 0 Å². The number of methoxy groups -OCH3 is 4. The third kappa shape index (κ3) is 4.69. The zero-order valence-corrected chi connectivity index (χ0v) is 15.6. The van der Waals surface area contributed by atoms with Crippen molar-refractivity contribution in [2.24, 2.45) is 0 Å². The Morgan fingerprint density at radius 1 is 0.704 bits per heavy atom. The summed E-state index contributed by atoms with van der Waals surface area (Å²) in [6.07, 6.45) is -4.82. The summed E-state index contributed by atoms with van der Waals surface area (Å²) in [6, 6.07) is 7.92. The van der Waals surface area contributed by atoms with Crippen molar-refractivity contribution in [2.75, 3.05) is 28.4 Å². The Bertz CT molecular complexity index is 764. The van der Waals surface area contributed by atoms with Crippen molar-refractivity contribution in [3.8, 4) is 28.7 Å². The molecule has 27 heavy (non-hydrogen) atoms. The molecule has 8 heteroatoms. The second-order valence-electron chi connectivity index (χ2n) is 5.64. The minimum atomic E-state index is -4.82. The molecule has 0 aliphatic rings. The molecule has 0 spiro atoms. The average molecular weight is 386 g/mol. The normalized spacial score (nSPS) is 12.3. The molecule has 2 aromatic carbocycles. The van der Waals surface area contributed by atoms with Crippen LogP contribution in [0.2, 0.25) is 0 Å². The van der Waals surface area contributed by atoms with Crippen LogP contribution in [0.4, 0.5) is 13.2 Å². The van der Waals surface area contributed by atoms with Crippen LogP contribution >= 0.6 is 0 Å². The molecule has 148 valence electrons. The highest BCUT2D eigenvalue weighted by Gasteiger charge is 2.33. The molecule has 0 heterocycles. The second kappa shape index (κ2) is 8.28. The Morgan fingerprint density at radius 3 is 1.67 bits per heavy atom. The van der Waals surface area contributed by atoms with Crippen molar-refractivity contribution >= 4 is 0 Å². The zero-order chi connectivity index (χ0) is 20.2. The van der Waals surface area contributed by atoms with Gasteiger partial charge in [-0.05, 0) is 35.4 Å². The SMILES string of the molecule is COc1ccc(C(C)c2cc(OC)c(OC)c(OC)c2)cc1OC(F)(F)F. The maximum Gasteiger partial charge on any atom is 0.573 e. The first kappa shape index (κ1) is 20.5. The molecule has 0 aliphatic carbocycles. The van der Waals surface area contributed by atoms with Crippen LogP contribution in [0.1, 0.15) is 24.0 Å². The van der Waals surface area contributed by atoms with Gasteiger partial charge in [0.05, 0.1) is 28.4 Å². The van der Waals surface area contributed by atoms with E-state index < -0.39 is 12.1 Å². The van der Waals surface area contributed by atoms with Gasteiger partial charge in [0.2, 0.25) is 5.75 Å². The monoisotopic (exact) mass is 386 g/mol. The minimum absolute atomic E-state index is 0.00633.